The molecule has 1 saturated heterocycles. The lowest BCUT2D eigenvalue weighted by molar-refractivity contribution is 0.0526. The fourth-order valence-corrected chi connectivity index (χ4v) is 3.85. The van der Waals surface area contributed by atoms with Crippen LogP contribution >= 0.6 is 0 Å². The molecule has 0 radical (unpaired) electrons. The number of rotatable bonds is 4. The molecule has 0 unspecified atom stereocenters. The van der Waals surface area contributed by atoms with Gasteiger partial charge < -0.3 is 10.5 Å². The van der Waals surface area contributed by atoms with Gasteiger partial charge in [-0.05, 0) is 44.0 Å². The Morgan fingerprint density at radius 1 is 1.38 bits per heavy atom. The summed E-state index contributed by atoms with van der Waals surface area (Å²) in [6.45, 7) is 2.82. The average Bonchev–Trinajstić information content (AvgIpc) is 2.47. The van der Waals surface area contributed by atoms with E-state index in [2.05, 4.69) is 0 Å². The molecule has 0 saturated carbocycles. The molecule has 6 nitrogen and oxygen atoms in total. The van der Waals surface area contributed by atoms with Crippen molar-refractivity contribution >= 4 is 16.0 Å². The molecule has 1 heterocycles. The van der Waals surface area contributed by atoms with Gasteiger partial charge in [0.1, 0.15) is 0 Å². The number of nitrogens with zero attached hydrogens (tertiary/aromatic N) is 1. The van der Waals surface area contributed by atoms with Crippen LogP contribution in [-0.4, -0.2) is 44.4 Å². The van der Waals surface area contributed by atoms with Crippen LogP contribution < -0.4 is 5.73 Å². The second-order valence-electron chi connectivity index (χ2n) is 5.01. The van der Waals surface area contributed by atoms with E-state index in [1.165, 1.54) is 28.6 Å². The Morgan fingerprint density at radius 2 is 2.05 bits per heavy atom. The van der Waals surface area contributed by atoms with Gasteiger partial charge in [0, 0.05) is 19.1 Å². The highest BCUT2D eigenvalue weighted by molar-refractivity contribution is 7.89. The first-order valence-electron chi connectivity index (χ1n) is 6.98. The van der Waals surface area contributed by atoms with E-state index in [-0.39, 0.29) is 17.5 Å². The smallest absolute Gasteiger partial charge is 0.338 e. The molecule has 1 atom stereocenters. The molecule has 0 amide bonds. The number of hydrogen-bond donors (Lipinski definition) is 1. The second kappa shape index (κ2) is 6.55. The molecule has 1 aliphatic rings. The standard InChI is InChI=1S/C14H20N2O4S/c1-2-20-14(17)11-5-7-13(8-6-11)21(18,19)16-9-3-4-12(15)10-16/h5-8,12H,2-4,9-10,15H2,1H3/t12-/m1/s1. The third kappa shape index (κ3) is 3.61. The predicted molar refractivity (Wildman–Crippen MR) is 78.4 cm³/mol. The lowest BCUT2D eigenvalue weighted by Crippen LogP contribution is -2.45. The maximum absolute atomic E-state index is 12.5. The van der Waals surface area contributed by atoms with Crippen molar-refractivity contribution in [3.8, 4) is 0 Å². The number of carbonyl (C=O) groups excluding carboxylic acids is 1. The van der Waals surface area contributed by atoms with Crippen LogP contribution in [0.25, 0.3) is 0 Å². The van der Waals surface area contributed by atoms with E-state index in [1.54, 1.807) is 6.92 Å². The molecule has 1 aromatic carbocycles. The van der Waals surface area contributed by atoms with Gasteiger partial charge in [0.05, 0.1) is 17.1 Å². The summed E-state index contributed by atoms with van der Waals surface area (Å²) in [5, 5.41) is 0. The van der Waals surface area contributed by atoms with Crippen molar-refractivity contribution < 1.29 is 17.9 Å². The Bertz CT molecular complexity index is 598. The lowest BCUT2D eigenvalue weighted by Gasteiger charge is -2.29. The van der Waals surface area contributed by atoms with Crippen LogP contribution in [-0.2, 0) is 14.8 Å². The van der Waals surface area contributed by atoms with Gasteiger partial charge in [-0.25, -0.2) is 13.2 Å². The Morgan fingerprint density at radius 3 is 2.62 bits per heavy atom. The summed E-state index contributed by atoms with van der Waals surface area (Å²) in [5.41, 5.74) is 6.17. The van der Waals surface area contributed by atoms with Gasteiger partial charge in [-0.2, -0.15) is 4.31 Å². The van der Waals surface area contributed by atoms with Crippen molar-refractivity contribution in [3.63, 3.8) is 0 Å². The van der Waals surface area contributed by atoms with Crippen molar-refractivity contribution in [1.29, 1.82) is 0 Å². The highest BCUT2D eigenvalue weighted by atomic mass is 32.2. The molecule has 21 heavy (non-hydrogen) atoms. The monoisotopic (exact) mass is 312 g/mol. The number of carbonyl (C=O) groups is 1. The van der Waals surface area contributed by atoms with E-state index in [4.69, 9.17) is 10.5 Å². The molecular weight excluding hydrogens is 292 g/mol. The van der Waals surface area contributed by atoms with E-state index in [0.717, 1.165) is 12.8 Å². The predicted octanol–water partition coefficient (Wildman–Crippen LogP) is 0.975. The summed E-state index contributed by atoms with van der Waals surface area (Å²) < 4.78 is 31.3. The summed E-state index contributed by atoms with van der Waals surface area (Å²) in [6.07, 6.45) is 1.61. The molecule has 1 aliphatic heterocycles. The number of nitrogens with two attached hydrogens (primary N) is 1. The Kier molecular flexibility index (Phi) is 4.97. The highest BCUT2D eigenvalue weighted by Crippen LogP contribution is 2.20. The van der Waals surface area contributed by atoms with Crippen molar-refractivity contribution in [2.45, 2.75) is 30.7 Å². The van der Waals surface area contributed by atoms with E-state index in [9.17, 15) is 13.2 Å². The van der Waals surface area contributed by atoms with Gasteiger partial charge >= 0.3 is 5.97 Å². The fourth-order valence-electron chi connectivity index (χ4n) is 2.32. The summed E-state index contributed by atoms with van der Waals surface area (Å²) in [5.74, 6) is -0.457. The lowest BCUT2D eigenvalue weighted by atomic mass is 10.1. The number of sulfonamides is 1. The largest absolute Gasteiger partial charge is 0.462 e. The minimum absolute atomic E-state index is 0.118. The van der Waals surface area contributed by atoms with Crippen LogP contribution in [0.4, 0.5) is 0 Å². The third-order valence-corrected chi connectivity index (χ3v) is 5.30. The maximum atomic E-state index is 12.5. The Hall–Kier alpha value is -1.44. The van der Waals surface area contributed by atoms with Crippen LogP contribution in [0.2, 0.25) is 0 Å². The molecule has 0 spiro atoms. The van der Waals surface area contributed by atoms with Crippen LogP contribution in [0.5, 0.6) is 0 Å². The van der Waals surface area contributed by atoms with Crippen LogP contribution in [0.1, 0.15) is 30.1 Å². The summed E-state index contributed by atoms with van der Waals surface area (Å²) in [7, 11) is -3.55. The zero-order valence-electron chi connectivity index (χ0n) is 12.0. The van der Waals surface area contributed by atoms with E-state index < -0.39 is 16.0 Å². The normalized spacial score (nSPS) is 20.2. The number of ether oxygens (including phenoxy) is 1. The molecule has 2 rings (SSSR count). The summed E-state index contributed by atoms with van der Waals surface area (Å²) in [4.78, 5) is 11.7. The van der Waals surface area contributed by atoms with E-state index >= 15 is 0 Å². The molecule has 0 aliphatic carbocycles. The Balaban J connectivity index is 2.19. The summed E-state index contributed by atoms with van der Waals surface area (Å²) >= 11 is 0. The number of hydrogen-bond acceptors (Lipinski definition) is 5. The van der Waals surface area contributed by atoms with Crippen LogP contribution in [0.3, 0.4) is 0 Å². The van der Waals surface area contributed by atoms with Crippen molar-refractivity contribution in [2.75, 3.05) is 19.7 Å². The van der Waals surface area contributed by atoms with Gasteiger partial charge in [-0.3, -0.25) is 0 Å². The zero-order valence-corrected chi connectivity index (χ0v) is 12.8. The second-order valence-corrected chi connectivity index (χ2v) is 6.95. The van der Waals surface area contributed by atoms with Gasteiger partial charge in [-0.1, -0.05) is 0 Å². The van der Waals surface area contributed by atoms with Crippen molar-refractivity contribution in [3.05, 3.63) is 29.8 Å². The minimum atomic E-state index is -3.55. The fraction of sp³-hybridized carbons (Fsp3) is 0.500. The van der Waals surface area contributed by atoms with Crippen molar-refractivity contribution in [1.82, 2.24) is 4.31 Å². The average molecular weight is 312 g/mol. The molecule has 0 aromatic heterocycles. The highest BCUT2D eigenvalue weighted by Gasteiger charge is 2.28. The van der Waals surface area contributed by atoms with Crippen LogP contribution in [0.15, 0.2) is 29.2 Å². The molecular formula is C14H20N2O4S. The minimum Gasteiger partial charge on any atom is -0.462 e. The zero-order chi connectivity index (χ0) is 15.5. The van der Waals surface area contributed by atoms with Gasteiger partial charge in [0.25, 0.3) is 0 Å². The summed E-state index contributed by atoms with van der Waals surface area (Å²) in [6, 6.07) is 5.68. The third-order valence-electron chi connectivity index (χ3n) is 3.42. The maximum Gasteiger partial charge on any atom is 0.338 e. The first-order chi connectivity index (χ1) is 9.95. The van der Waals surface area contributed by atoms with Gasteiger partial charge in [0.15, 0.2) is 0 Å². The molecule has 0 bridgehead atoms. The SMILES string of the molecule is CCOC(=O)c1ccc(S(=O)(=O)N2CCC[C@@H](N)C2)cc1. The molecule has 116 valence electrons. The first-order valence-corrected chi connectivity index (χ1v) is 8.42. The number of esters is 1. The molecule has 1 aromatic rings. The quantitative estimate of drug-likeness (QED) is 0.837. The van der Waals surface area contributed by atoms with Crippen molar-refractivity contribution in [2.24, 2.45) is 5.73 Å². The van der Waals surface area contributed by atoms with E-state index in [0.29, 0.717) is 18.7 Å². The molecule has 1 fully saturated rings. The van der Waals surface area contributed by atoms with Gasteiger partial charge in [0.2, 0.25) is 10.0 Å². The molecule has 2 N–H and O–H groups in total. The number of piperidine rings is 1. The Labute approximate surface area is 124 Å². The number of benzene rings is 1. The topological polar surface area (TPSA) is 89.7 Å². The van der Waals surface area contributed by atoms with Crippen LogP contribution in [0, 0.1) is 0 Å². The van der Waals surface area contributed by atoms with Gasteiger partial charge in [-0.15, -0.1) is 0 Å². The van der Waals surface area contributed by atoms with E-state index in [1.807, 2.05) is 0 Å². The molecule has 7 heteroatoms. The first kappa shape index (κ1) is 15.9.